The fourth-order valence-electron chi connectivity index (χ4n) is 2.85. The average Bonchev–Trinajstić information content (AvgIpc) is 3.10. The average molecular weight is 398 g/mol. The molecule has 1 heterocycles. The first-order valence-corrected chi connectivity index (χ1v) is 8.84. The molecule has 3 N–H and O–H groups in total. The minimum Gasteiger partial charge on any atom is -0.476 e. The van der Waals surface area contributed by atoms with Crippen LogP contribution in [0.25, 0.3) is 10.9 Å². The number of amides is 2. The van der Waals surface area contributed by atoms with Crippen LogP contribution in [0.4, 0.5) is 10.1 Å². The summed E-state index contributed by atoms with van der Waals surface area (Å²) in [6.45, 7) is 3.31. The number of rotatable bonds is 6. The van der Waals surface area contributed by atoms with E-state index in [1.807, 2.05) is 0 Å². The van der Waals surface area contributed by atoms with Crippen molar-refractivity contribution in [2.45, 2.75) is 19.9 Å². The van der Waals surface area contributed by atoms with E-state index in [4.69, 9.17) is 0 Å². The maximum Gasteiger partial charge on any atom is 0.357 e. The lowest BCUT2D eigenvalue weighted by molar-refractivity contribution is -0.117. The maximum absolute atomic E-state index is 13.0. The summed E-state index contributed by atoms with van der Waals surface area (Å²) >= 11 is 0. The van der Waals surface area contributed by atoms with Crippen LogP contribution >= 0.6 is 0 Å². The lowest BCUT2D eigenvalue weighted by atomic mass is 10.1. The SMILES string of the molecule is CC(C)N(CC(=O)Nc1ccc(F)cc1)C(=O)c1ccc2[nH]nc(C(=O)O)c2c1. The number of carbonyl (C=O) groups excluding carboxylic acids is 2. The van der Waals surface area contributed by atoms with E-state index in [1.54, 1.807) is 26.0 Å². The zero-order valence-corrected chi connectivity index (χ0v) is 15.8. The van der Waals surface area contributed by atoms with Crippen LogP contribution < -0.4 is 5.32 Å². The molecule has 29 heavy (non-hydrogen) atoms. The van der Waals surface area contributed by atoms with Gasteiger partial charge in [0.05, 0.1) is 5.52 Å². The van der Waals surface area contributed by atoms with Crippen LogP contribution in [0.2, 0.25) is 0 Å². The number of benzene rings is 2. The highest BCUT2D eigenvalue weighted by Crippen LogP contribution is 2.20. The molecule has 0 saturated carbocycles. The molecule has 0 aliphatic heterocycles. The molecule has 2 aromatic carbocycles. The summed E-state index contributed by atoms with van der Waals surface area (Å²) in [6, 6.07) is 9.56. The molecule has 3 rings (SSSR count). The van der Waals surface area contributed by atoms with E-state index < -0.39 is 23.6 Å². The quantitative estimate of drug-likeness (QED) is 0.591. The van der Waals surface area contributed by atoms with Gasteiger partial charge in [-0.05, 0) is 56.3 Å². The molecule has 8 nitrogen and oxygen atoms in total. The topological polar surface area (TPSA) is 115 Å². The number of hydrogen-bond donors (Lipinski definition) is 3. The number of anilines is 1. The Morgan fingerprint density at radius 1 is 1.17 bits per heavy atom. The van der Waals surface area contributed by atoms with Gasteiger partial charge >= 0.3 is 5.97 Å². The number of halogens is 1. The zero-order chi connectivity index (χ0) is 21.1. The lowest BCUT2D eigenvalue weighted by Crippen LogP contribution is -2.42. The Hall–Kier alpha value is -3.75. The maximum atomic E-state index is 13.0. The molecular weight excluding hydrogens is 379 g/mol. The van der Waals surface area contributed by atoms with Gasteiger partial charge in [0, 0.05) is 22.7 Å². The van der Waals surface area contributed by atoms with Crippen molar-refractivity contribution in [3.8, 4) is 0 Å². The van der Waals surface area contributed by atoms with Crippen LogP contribution in [-0.4, -0.2) is 50.6 Å². The summed E-state index contributed by atoms with van der Waals surface area (Å²) in [6.07, 6.45) is 0. The highest BCUT2D eigenvalue weighted by atomic mass is 19.1. The molecule has 0 bridgehead atoms. The Labute approximate surface area is 165 Å². The van der Waals surface area contributed by atoms with Crippen LogP contribution in [-0.2, 0) is 4.79 Å². The summed E-state index contributed by atoms with van der Waals surface area (Å²) in [7, 11) is 0. The molecule has 1 aromatic heterocycles. The second kappa shape index (κ2) is 8.09. The fourth-order valence-corrected chi connectivity index (χ4v) is 2.85. The van der Waals surface area contributed by atoms with Gasteiger partial charge in [-0.15, -0.1) is 0 Å². The van der Waals surface area contributed by atoms with Gasteiger partial charge in [0.15, 0.2) is 5.69 Å². The number of hydrogen-bond acceptors (Lipinski definition) is 4. The Kier molecular flexibility index (Phi) is 5.58. The zero-order valence-electron chi connectivity index (χ0n) is 15.8. The van der Waals surface area contributed by atoms with Gasteiger partial charge in [0.1, 0.15) is 12.4 Å². The first-order chi connectivity index (χ1) is 13.8. The predicted molar refractivity (Wildman–Crippen MR) is 104 cm³/mol. The summed E-state index contributed by atoms with van der Waals surface area (Å²) in [5.41, 5.74) is 0.965. The van der Waals surface area contributed by atoms with Crippen molar-refractivity contribution in [3.63, 3.8) is 0 Å². The van der Waals surface area contributed by atoms with Gasteiger partial charge in [0.25, 0.3) is 5.91 Å². The molecule has 0 aliphatic carbocycles. The summed E-state index contributed by atoms with van der Waals surface area (Å²) in [5.74, 6) is -2.49. The number of fused-ring (bicyclic) bond motifs is 1. The number of carboxylic acid groups (broad SMARTS) is 1. The van der Waals surface area contributed by atoms with Crippen molar-refractivity contribution < 1.29 is 23.9 Å². The second-order valence-electron chi connectivity index (χ2n) is 6.72. The monoisotopic (exact) mass is 398 g/mol. The van der Waals surface area contributed by atoms with Gasteiger partial charge in [0.2, 0.25) is 5.91 Å². The van der Waals surface area contributed by atoms with Crippen molar-refractivity contribution >= 4 is 34.4 Å². The van der Waals surface area contributed by atoms with Crippen LogP contribution in [0.15, 0.2) is 42.5 Å². The Morgan fingerprint density at radius 2 is 1.86 bits per heavy atom. The molecule has 0 spiro atoms. The molecule has 150 valence electrons. The van der Waals surface area contributed by atoms with Gasteiger partial charge in [-0.2, -0.15) is 5.10 Å². The van der Waals surface area contributed by atoms with Crippen molar-refractivity contribution in [2.24, 2.45) is 0 Å². The number of aromatic amines is 1. The second-order valence-corrected chi connectivity index (χ2v) is 6.72. The molecule has 0 atom stereocenters. The molecule has 0 saturated heterocycles. The summed E-state index contributed by atoms with van der Waals surface area (Å²) in [4.78, 5) is 38.0. The Morgan fingerprint density at radius 3 is 2.48 bits per heavy atom. The molecule has 2 amide bonds. The first kappa shape index (κ1) is 20.0. The Bertz CT molecular complexity index is 1080. The normalized spacial score (nSPS) is 10.9. The number of H-pyrrole nitrogens is 1. The lowest BCUT2D eigenvalue weighted by Gasteiger charge is -2.26. The highest BCUT2D eigenvalue weighted by molar-refractivity contribution is 6.05. The van der Waals surface area contributed by atoms with Crippen molar-refractivity contribution in [1.29, 1.82) is 0 Å². The molecule has 3 aromatic rings. The molecule has 0 aliphatic rings. The fraction of sp³-hybridized carbons (Fsp3) is 0.200. The van der Waals surface area contributed by atoms with Gasteiger partial charge in [-0.3, -0.25) is 14.7 Å². The van der Waals surface area contributed by atoms with E-state index in [1.165, 1.54) is 35.2 Å². The number of aromatic carboxylic acids is 1. The smallest absolute Gasteiger partial charge is 0.357 e. The number of nitrogens with zero attached hydrogens (tertiary/aromatic N) is 2. The third-order valence-corrected chi connectivity index (χ3v) is 4.34. The number of carboxylic acids is 1. The molecule has 0 fully saturated rings. The van der Waals surface area contributed by atoms with Crippen LogP contribution in [0.3, 0.4) is 0 Å². The Balaban J connectivity index is 1.81. The summed E-state index contributed by atoms with van der Waals surface area (Å²) in [5, 5.41) is 18.5. The third-order valence-electron chi connectivity index (χ3n) is 4.34. The summed E-state index contributed by atoms with van der Waals surface area (Å²) < 4.78 is 13.0. The first-order valence-electron chi connectivity index (χ1n) is 8.84. The van der Waals surface area contributed by atoms with Crippen molar-refractivity contribution in [2.75, 3.05) is 11.9 Å². The van der Waals surface area contributed by atoms with Gasteiger partial charge in [-0.25, -0.2) is 9.18 Å². The van der Waals surface area contributed by atoms with E-state index in [0.717, 1.165) is 0 Å². The van der Waals surface area contributed by atoms with Crippen molar-refractivity contribution in [1.82, 2.24) is 15.1 Å². The number of aromatic nitrogens is 2. The largest absolute Gasteiger partial charge is 0.476 e. The van der Waals surface area contributed by atoms with Crippen molar-refractivity contribution in [3.05, 3.63) is 59.5 Å². The van der Waals surface area contributed by atoms with E-state index in [9.17, 15) is 23.9 Å². The van der Waals surface area contributed by atoms with Crippen LogP contribution in [0.1, 0.15) is 34.7 Å². The standard InChI is InChI=1S/C20H19FN4O4/c1-11(2)25(10-17(26)22-14-6-4-13(21)5-7-14)19(27)12-3-8-16-15(9-12)18(20(28)29)24-23-16/h3-9,11H,10H2,1-2H3,(H,22,26)(H,23,24)(H,28,29). The minimum absolute atomic E-state index is 0.181. The molecule has 0 unspecified atom stereocenters. The molecule has 9 heteroatoms. The van der Waals surface area contributed by atoms with E-state index in [0.29, 0.717) is 16.6 Å². The number of carbonyl (C=O) groups is 3. The van der Waals surface area contributed by atoms with E-state index >= 15 is 0 Å². The molecular formula is C20H19FN4O4. The van der Waals surface area contributed by atoms with Crippen LogP contribution in [0, 0.1) is 5.82 Å². The highest BCUT2D eigenvalue weighted by Gasteiger charge is 2.23. The van der Waals surface area contributed by atoms with Gasteiger partial charge < -0.3 is 15.3 Å². The minimum atomic E-state index is -1.21. The van der Waals surface area contributed by atoms with E-state index in [2.05, 4.69) is 15.5 Å². The van der Waals surface area contributed by atoms with Gasteiger partial charge in [-0.1, -0.05) is 0 Å². The van der Waals surface area contributed by atoms with E-state index in [-0.39, 0.29) is 23.8 Å². The molecule has 0 radical (unpaired) electrons. The third kappa shape index (κ3) is 4.40. The number of nitrogens with one attached hydrogen (secondary N) is 2. The predicted octanol–water partition coefficient (Wildman–Crippen LogP) is 2.89. The van der Waals surface area contributed by atoms with Crippen LogP contribution in [0.5, 0.6) is 0 Å².